The van der Waals surface area contributed by atoms with Crippen molar-refractivity contribution in [3.63, 3.8) is 0 Å². The summed E-state index contributed by atoms with van der Waals surface area (Å²) in [7, 11) is 1.81. The number of aromatic nitrogens is 2. The van der Waals surface area contributed by atoms with Crippen molar-refractivity contribution in [2.75, 3.05) is 19.8 Å². The molecular formula is C16H29N5OS. The van der Waals surface area contributed by atoms with Crippen LogP contribution in [0.1, 0.15) is 57.2 Å². The molecule has 2 N–H and O–H groups in total. The molecule has 0 saturated heterocycles. The van der Waals surface area contributed by atoms with Crippen LogP contribution in [0.25, 0.3) is 0 Å². The van der Waals surface area contributed by atoms with Crippen LogP contribution in [-0.4, -0.2) is 47.2 Å². The maximum absolute atomic E-state index is 5.26. The molecule has 0 aliphatic heterocycles. The van der Waals surface area contributed by atoms with E-state index in [0.29, 0.717) is 24.3 Å². The van der Waals surface area contributed by atoms with E-state index in [1.54, 1.807) is 0 Å². The summed E-state index contributed by atoms with van der Waals surface area (Å²) in [5.41, 5.74) is 0. The van der Waals surface area contributed by atoms with Crippen LogP contribution in [0.3, 0.4) is 0 Å². The van der Waals surface area contributed by atoms with E-state index in [0.717, 1.165) is 23.6 Å². The smallest absolute Gasteiger partial charge is 0.228 e. The second-order valence-corrected chi connectivity index (χ2v) is 7.45. The van der Waals surface area contributed by atoms with E-state index in [-0.39, 0.29) is 0 Å². The summed E-state index contributed by atoms with van der Waals surface area (Å²) in [4.78, 5) is 8.71. The fraction of sp³-hybridized carbons (Fsp3) is 0.812. The first-order valence-electron chi connectivity index (χ1n) is 8.44. The Bertz CT molecular complexity index is 502. The molecule has 0 radical (unpaired) electrons. The van der Waals surface area contributed by atoms with E-state index in [9.17, 15) is 0 Å². The summed E-state index contributed by atoms with van der Waals surface area (Å²) >= 11 is 1.98. The predicted molar refractivity (Wildman–Crippen MR) is 96.1 cm³/mol. The average Bonchev–Trinajstić information content (AvgIpc) is 3.03. The van der Waals surface area contributed by atoms with Gasteiger partial charge in [-0.25, -0.2) is 0 Å². The lowest BCUT2D eigenvalue weighted by Crippen LogP contribution is -2.46. The van der Waals surface area contributed by atoms with Crippen molar-refractivity contribution in [2.45, 2.75) is 63.2 Å². The molecule has 6 nitrogen and oxygen atoms in total. The lowest BCUT2D eigenvalue weighted by Gasteiger charge is -2.29. The van der Waals surface area contributed by atoms with Gasteiger partial charge in [0.1, 0.15) is 0 Å². The highest BCUT2D eigenvalue weighted by molar-refractivity contribution is 7.99. The zero-order valence-corrected chi connectivity index (χ0v) is 15.4. The molecule has 2 rings (SSSR count). The quantitative estimate of drug-likeness (QED) is 0.613. The molecular weight excluding hydrogens is 310 g/mol. The Morgan fingerprint density at radius 3 is 2.91 bits per heavy atom. The van der Waals surface area contributed by atoms with Gasteiger partial charge in [0.25, 0.3) is 0 Å². The van der Waals surface area contributed by atoms with Gasteiger partial charge in [-0.3, -0.25) is 4.99 Å². The molecule has 7 heteroatoms. The number of nitrogens with zero attached hydrogens (tertiary/aromatic N) is 3. The fourth-order valence-corrected chi connectivity index (χ4v) is 3.60. The lowest BCUT2D eigenvalue weighted by atomic mass is 9.95. The minimum atomic E-state index is 0.297. The van der Waals surface area contributed by atoms with Crippen molar-refractivity contribution in [1.82, 2.24) is 20.8 Å². The Balaban J connectivity index is 1.74. The molecule has 1 aromatic heterocycles. The van der Waals surface area contributed by atoms with Crippen LogP contribution in [0.5, 0.6) is 0 Å². The molecule has 1 aromatic rings. The molecule has 0 amide bonds. The largest absolute Gasteiger partial charge is 0.356 e. The number of rotatable bonds is 6. The molecule has 23 heavy (non-hydrogen) atoms. The van der Waals surface area contributed by atoms with E-state index in [1.165, 1.54) is 25.7 Å². The second kappa shape index (κ2) is 9.15. The summed E-state index contributed by atoms with van der Waals surface area (Å²) in [6.45, 7) is 4.85. The Morgan fingerprint density at radius 1 is 1.43 bits per heavy atom. The average molecular weight is 340 g/mol. The Kier molecular flexibility index (Phi) is 7.20. The monoisotopic (exact) mass is 339 g/mol. The van der Waals surface area contributed by atoms with Gasteiger partial charge in [0.05, 0.1) is 0 Å². The van der Waals surface area contributed by atoms with Crippen LogP contribution in [0.15, 0.2) is 9.52 Å². The van der Waals surface area contributed by atoms with Crippen LogP contribution in [0.4, 0.5) is 0 Å². The number of hydrogen-bond acceptors (Lipinski definition) is 5. The van der Waals surface area contributed by atoms with Crippen molar-refractivity contribution in [2.24, 2.45) is 4.99 Å². The summed E-state index contributed by atoms with van der Waals surface area (Å²) in [5, 5.41) is 11.6. The van der Waals surface area contributed by atoms with E-state index in [1.807, 2.05) is 18.8 Å². The molecule has 2 unspecified atom stereocenters. The van der Waals surface area contributed by atoms with Crippen LogP contribution in [-0.2, 0) is 6.42 Å². The highest BCUT2D eigenvalue weighted by atomic mass is 32.2. The first-order valence-corrected chi connectivity index (χ1v) is 9.73. The summed E-state index contributed by atoms with van der Waals surface area (Å²) in [5.74, 6) is 2.61. The maximum Gasteiger partial charge on any atom is 0.228 e. The number of nitrogens with one attached hydrogen (secondary N) is 2. The van der Waals surface area contributed by atoms with Crippen LogP contribution >= 0.6 is 11.8 Å². The van der Waals surface area contributed by atoms with Crippen LogP contribution in [0, 0.1) is 0 Å². The minimum absolute atomic E-state index is 0.297. The van der Waals surface area contributed by atoms with Crippen molar-refractivity contribution in [1.29, 1.82) is 0 Å². The van der Waals surface area contributed by atoms with Gasteiger partial charge in [0.15, 0.2) is 11.8 Å². The van der Waals surface area contributed by atoms with E-state index < -0.39 is 0 Å². The van der Waals surface area contributed by atoms with Crippen LogP contribution in [0.2, 0.25) is 0 Å². The van der Waals surface area contributed by atoms with Crippen molar-refractivity contribution >= 4 is 17.7 Å². The highest BCUT2D eigenvalue weighted by Gasteiger charge is 2.21. The molecule has 1 heterocycles. The number of aliphatic imine (C=N–C) groups is 1. The van der Waals surface area contributed by atoms with Crippen molar-refractivity contribution in [3.8, 4) is 0 Å². The molecule has 2 atom stereocenters. The van der Waals surface area contributed by atoms with E-state index in [4.69, 9.17) is 4.52 Å². The minimum Gasteiger partial charge on any atom is -0.356 e. The van der Waals surface area contributed by atoms with Gasteiger partial charge in [-0.05, 0) is 25.5 Å². The molecule has 0 bridgehead atoms. The first kappa shape index (κ1) is 18.1. The standard InChI is InChI=1S/C16H29N5OS/c1-11(2)15-20-14(22-21-15)8-9-18-16(17-3)19-12-6-5-7-13(10-12)23-4/h11-13H,5-10H2,1-4H3,(H2,17,18,19). The molecule has 1 saturated carbocycles. The molecule has 1 aliphatic rings. The van der Waals surface area contributed by atoms with E-state index in [2.05, 4.69) is 45.9 Å². The molecule has 1 fully saturated rings. The third-order valence-electron chi connectivity index (χ3n) is 4.16. The zero-order chi connectivity index (χ0) is 16.7. The summed E-state index contributed by atoms with van der Waals surface area (Å²) in [6.07, 6.45) is 7.97. The Labute approximate surface area is 143 Å². The van der Waals surface area contributed by atoms with Crippen molar-refractivity contribution < 1.29 is 4.52 Å². The molecule has 0 aromatic carbocycles. The highest BCUT2D eigenvalue weighted by Crippen LogP contribution is 2.26. The Morgan fingerprint density at radius 2 is 2.26 bits per heavy atom. The Hall–Kier alpha value is -1.24. The first-order chi connectivity index (χ1) is 11.1. The normalized spacial score (nSPS) is 22.4. The number of hydrogen-bond donors (Lipinski definition) is 2. The van der Waals surface area contributed by atoms with Gasteiger partial charge in [-0.2, -0.15) is 16.7 Å². The van der Waals surface area contributed by atoms with Crippen molar-refractivity contribution in [3.05, 3.63) is 11.7 Å². The van der Waals surface area contributed by atoms with Gasteiger partial charge < -0.3 is 15.2 Å². The SMILES string of the molecule is CN=C(NCCc1nc(C(C)C)no1)NC1CCCC(SC)C1. The van der Waals surface area contributed by atoms with Gasteiger partial charge >= 0.3 is 0 Å². The summed E-state index contributed by atoms with van der Waals surface area (Å²) in [6, 6.07) is 0.517. The third kappa shape index (κ3) is 5.71. The maximum atomic E-state index is 5.26. The topological polar surface area (TPSA) is 75.3 Å². The van der Waals surface area contributed by atoms with E-state index >= 15 is 0 Å². The van der Waals surface area contributed by atoms with Crippen LogP contribution < -0.4 is 10.6 Å². The van der Waals surface area contributed by atoms with Gasteiger partial charge in [-0.1, -0.05) is 25.4 Å². The van der Waals surface area contributed by atoms with Gasteiger partial charge in [0, 0.05) is 37.2 Å². The van der Waals surface area contributed by atoms with Gasteiger partial charge in [0.2, 0.25) is 5.89 Å². The second-order valence-electron chi connectivity index (χ2n) is 6.32. The zero-order valence-electron chi connectivity index (χ0n) is 14.6. The summed E-state index contributed by atoms with van der Waals surface area (Å²) < 4.78 is 5.26. The third-order valence-corrected chi connectivity index (χ3v) is 5.25. The lowest BCUT2D eigenvalue weighted by molar-refractivity contribution is 0.370. The number of thioether (sulfide) groups is 1. The van der Waals surface area contributed by atoms with Gasteiger partial charge in [-0.15, -0.1) is 0 Å². The molecule has 0 spiro atoms. The molecule has 130 valence electrons. The predicted octanol–water partition coefficient (Wildman–Crippen LogP) is 2.57. The number of guanidine groups is 1. The fourth-order valence-electron chi connectivity index (χ4n) is 2.77. The molecule has 1 aliphatic carbocycles.